The van der Waals surface area contributed by atoms with Crippen molar-refractivity contribution < 1.29 is 9.90 Å². The zero-order chi connectivity index (χ0) is 18.9. The van der Waals surface area contributed by atoms with E-state index in [1.807, 2.05) is 23.9 Å². The fraction of sp³-hybridized carbons (Fsp3) is 0.696. The van der Waals surface area contributed by atoms with Crippen LogP contribution in [0.2, 0.25) is 0 Å². The van der Waals surface area contributed by atoms with Crippen molar-refractivity contribution in [3.05, 3.63) is 29.8 Å². The summed E-state index contributed by atoms with van der Waals surface area (Å²) in [6.45, 7) is 2.28. The number of carboxylic acid groups (broad SMARTS) is 1. The molecule has 148 valence electrons. The zero-order valence-electron chi connectivity index (χ0n) is 16.7. The first-order chi connectivity index (χ1) is 12.7. The molecule has 0 radical (unpaired) electrons. The summed E-state index contributed by atoms with van der Waals surface area (Å²) in [5.41, 5.74) is 0.367. The molecule has 2 nitrogen and oxygen atoms in total. The maximum Gasteiger partial charge on any atom is 0.335 e. The van der Waals surface area contributed by atoms with Crippen molar-refractivity contribution >= 4 is 17.7 Å². The van der Waals surface area contributed by atoms with Crippen molar-refractivity contribution in [2.24, 2.45) is 0 Å². The van der Waals surface area contributed by atoms with Gasteiger partial charge in [0, 0.05) is 4.90 Å². The highest BCUT2D eigenvalue weighted by Gasteiger charge is 2.01. The van der Waals surface area contributed by atoms with Crippen molar-refractivity contribution in [2.75, 3.05) is 5.75 Å². The molecule has 0 aromatic heterocycles. The highest BCUT2D eigenvalue weighted by molar-refractivity contribution is 7.99. The van der Waals surface area contributed by atoms with E-state index >= 15 is 0 Å². The van der Waals surface area contributed by atoms with Crippen molar-refractivity contribution in [1.29, 1.82) is 0 Å². The highest BCUT2D eigenvalue weighted by Crippen LogP contribution is 2.21. The molecule has 0 atom stereocenters. The molecule has 0 aliphatic rings. The molecule has 0 aliphatic carbocycles. The molecule has 1 aromatic rings. The van der Waals surface area contributed by atoms with Gasteiger partial charge in [0.25, 0.3) is 0 Å². The molecule has 0 saturated heterocycles. The summed E-state index contributed by atoms with van der Waals surface area (Å²) in [6.07, 6.45) is 19.5. The number of hydrogen-bond donors (Lipinski definition) is 1. The lowest BCUT2D eigenvalue weighted by atomic mass is 10.0. The number of carboxylic acids is 1. The molecule has 1 N–H and O–H groups in total. The summed E-state index contributed by atoms with van der Waals surface area (Å²) < 4.78 is 0. The lowest BCUT2D eigenvalue weighted by Gasteiger charge is -2.04. The number of benzene rings is 1. The molecular formula is C23H38O2S. The predicted molar refractivity (Wildman–Crippen MR) is 114 cm³/mol. The van der Waals surface area contributed by atoms with Crippen LogP contribution in [0.25, 0.3) is 0 Å². The average molecular weight is 379 g/mol. The van der Waals surface area contributed by atoms with Gasteiger partial charge in [-0.25, -0.2) is 4.79 Å². The van der Waals surface area contributed by atoms with Crippen molar-refractivity contribution in [1.82, 2.24) is 0 Å². The summed E-state index contributed by atoms with van der Waals surface area (Å²) in [6, 6.07) is 7.21. The SMILES string of the molecule is CCCCCCCCCCCCCCCCSc1ccc(C(=O)O)cc1. The summed E-state index contributed by atoms with van der Waals surface area (Å²) >= 11 is 1.83. The largest absolute Gasteiger partial charge is 0.478 e. The maximum absolute atomic E-state index is 10.8. The molecular weight excluding hydrogens is 340 g/mol. The van der Waals surface area contributed by atoms with Gasteiger partial charge < -0.3 is 5.11 Å². The van der Waals surface area contributed by atoms with Crippen LogP contribution in [0.15, 0.2) is 29.2 Å². The number of carbonyl (C=O) groups is 1. The minimum atomic E-state index is -0.853. The van der Waals surface area contributed by atoms with Gasteiger partial charge in [0.1, 0.15) is 0 Å². The van der Waals surface area contributed by atoms with Crippen LogP contribution in [-0.4, -0.2) is 16.8 Å². The lowest BCUT2D eigenvalue weighted by molar-refractivity contribution is 0.0697. The Morgan fingerprint density at radius 3 is 1.58 bits per heavy atom. The molecule has 0 saturated carbocycles. The molecule has 0 bridgehead atoms. The van der Waals surface area contributed by atoms with Crippen molar-refractivity contribution in [3.8, 4) is 0 Å². The molecule has 0 unspecified atom stereocenters. The Bertz CT molecular complexity index is 456. The Morgan fingerprint density at radius 1 is 0.731 bits per heavy atom. The summed E-state index contributed by atoms with van der Waals surface area (Å²) in [5.74, 6) is 0.276. The highest BCUT2D eigenvalue weighted by atomic mass is 32.2. The first-order valence-electron chi connectivity index (χ1n) is 10.7. The van der Waals surface area contributed by atoms with Gasteiger partial charge in [-0.2, -0.15) is 0 Å². The van der Waals surface area contributed by atoms with Crippen LogP contribution in [0.1, 0.15) is 107 Å². The number of rotatable bonds is 17. The second-order valence-corrected chi connectivity index (χ2v) is 8.44. The first kappa shape index (κ1) is 23.1. The fourth-order valence-corrected chi connectivity index (χ4v) is 4.09. The third-order valence-corrected chi connectivity index (χ3v) is 5.97. The molecule has 1 rings (SSSR count). The standard InChI is InChI=1S/C23H38O2S/c1-2-3-4-5-6-7-8-9-10-11-12-13-14-15-20-26-22-18-16-21(17-19-22)23(24)25/h16-19H,2-15,20H2,1H3,(H,24,25). The Hall–Kier alpha value is -0.960. The molecule has 0 amide bonds. The Balaban J connectivity index is 1.83. The molecule has 0 spiro atoms. The molecule has 3 heteroatoms. The van der Waals surface area contributed by atoms with Gasteiger partial charge >= 0.3 is 5.97 Å². The smallest absolute Gasteiger partial charge is 0.335 e. The average Bonchev–Trinajstić information content (AvgIpc) is 2.65. The van der Waals surface area contributed by atoms with Crippen LogP contribution in [0.4, 0.5) is 0 Å². The third kappa shape index (κ3) is 12.4. The van der Waals surface area contributed by atoms with Crippen LogP contribution in [0.5, 0.6) is 0 Å². The van der Waals surface area contributed by atoms with Crippen LogP contribution in [-0.2, 0) is 0 Å². The monoisotopic (exact) mass is 378 g/mol. The second-order valence-electron chi connectivity index (χ2n) is 7.27. The zero-order valence-corrected chi connectivity index (χ0v) is 17.5. The number of unbranched alkanes of at least 4 members (excludes halogenated alkanes) is 13. The van der Waals surface area contributed by atoms with E-state index in [-0.39, 0.29) is 0 Å². The van der Waals surface area contributed by atoms with E-state index in [4.69, 9.17) is 5.11 Å². The molecule has 0 fully saturated rings. The van der Waals surface area contributed by atoms with E-state index in [9.17, 15) is 4.79 Å². The van der Waals surface area contributed by atoms with Crippen molar-refractivity contribution in [3.63, 3.8) is 0 Å². The van der Waals surface area contributed by atoms with E-state index in [0.29, 0.717) is 5.56 Å². The number of thioether (sulfide) groups is 1. The van der Waals surface area contributed by atoms with Crippen LogP contribution < -0.4 is 0 Å². The molecule has 1 aromatic carbocycles. The van der Waals surface area contributed by atoms with Crippen LogP contribution >= 0.6 is 11.8 Å². The second kappa shape index (κ2) is 16.2. The Morgan fingerprint density at radius 2 is 1.15 bits per heavy atom. The molecule has 26 heavy (non-hydrogen) atoms. The van der Waals surface area contributed by atoms with Gasteiger partial charge in [-0.05, 0) is 36.4 Å². The summed E-state index contributed by atoms with van der Waals surface area (Å²) in [7, 11) is 0. The molecule has 0 aliphatic heterocycles. The number of hydrogen-bond acceptors (Lipinski definition) is 2. The summed E-state index contributed by atoms with van der Waals surface area (Å²) in [4.78, 5) is 12.0. The van der Waals surface area contributed by atoms with Gasteiger partial charge in [-0.1, -0.05) is 90.4 Å². The summed E-state index contributed by atoms with van der Waals surface area (Å²) in [5, 5.41) is 8.89. The fourth-order valence-electron chi connectivity index (χ4n) is 3.18. The predicted octanol–water partition coefficient (Wildman–Crippen LogP) is 7.96. The van der Waals surface area contributed by atoms with Gasteiger partial charge in [-0.3, -0.25) is 0 Å². The van der Waals surface area contributed by atoms with E-state index in [0.717, 1.165) is 5.75 Å². The van der Waals surface area contributed by atoms with Gasteiger partial charge in [-0.15, -0.1) is 11.8 Å². The van der Waals surface area contributed by atoms with E-state index in [2.05, 4.69) is 6.92 Å². The van der Waals surface area contributed by atoms with Crippen LogP contribution in [0, 0.1) is 0 Å². The number of aromatic carboxylic acids is 1. The minimum absolute atomic E-state index is 0.367. The van der Waals surface area contributed by atoms with Gasteiger partial charge in [0.05, 0.1) is 5.56 Å². The van der Waals surface area contributed by atoms with E-state index in [1.165, 1.54) is 94.8 Å². The van der Waals surface area contributed by atoms with Crippen molar-refractivity contribution in [2.45, 2.75) is 102 Å². The Kier molecular flexibility index (Phi) is 14.4. The first-order valence-corrected chi connectivity index (χ1v) is 11.7. The minimum Gasteiger partial charge on any atom is -0.478 e. The topological polar surface area (TPSA) is 37.3 Å². The quantitative estimate of drug-likeness (QED) is 0.221. The van der Waals surface area contributed by atoms with E-state index < -0.39 is 5.97 Å². The normalized spacial score (nSPS) is 11.0. The van der Waals surface area contributed by atoms with Crippen LogP contribution in [0.3, 0.4) is 0 Å². The molecule has 0 heterocycles. The Labute approximate surface area is 165 Å². The third-order valence-electron chi connectivity index (χ3n) is 4.87. The van der Waals surface area contributed by atoms with Gasteiger partial charge in [0.15, 0.2) is 0 Å². The lowest BCUT2D eigenvalue weighted by Crippen LogP contribution is -1.94. The maximum atomic E-state index is 10.8. The van der Waals surface area contributed by atoms with E-state index in [1.54, 1.807) is 12.1 Å². The van der Waals surface area contributed by atoms with Gasteiger partial charge in [0.2, 0.25) is 0 Å².